The van der Waals surface area contributed by atoms with Crippen LogP contribution in [0.4, 0.5) is 13.2 Å². The highest BCUT2D eigenvalue weighted by Gasteiger charge is 2.33. The zero-order chi connectivity index (χ0) is 20.4. The Morgan fingerprint density at radius 1 is 1.11 bits per heavy atom. The zero-order valence-electron chi connectivity index (χ0n) is 15.2. The summed E-state index contributed by atoms with van der Waals surface area (Å²) < 4.78 is 66.9. The Hall–Kier alpha value is -1.85. The van der Waals surface area contributed by atoms with Crippen LogP contribution in [0.3, 0.4) is 0 Å². The van der Waals surface area contributed by atoms with E-state index in [0.717, 1.165) is 24.3 Å². The predicted molar refractivity (Wildman–Crippen MR) is 91.6 cm³/mol. The van der Waals surface area contributed by atoms with Gasteiger partial charge in [-0.3, -0.25) is 9.69 Å². The standard InChI is InChI=1S/C16H22F3N3O4S/c1-12(15(23)20(2)3)21-8-10-22(11-9-21)27(24,25)14-6-4-13(5-7-14)26-16(17,18)19/h4-7,12H,8-11H2,1-3H3/t12-/m1/s1. The fourth-order valence-corrected chi connectivity index (χ4v) is 4.25. The maximum atomic E-state index is 12.7. The third-order valence-electron chi connectivity index (χ3n) is 4.31. The molecule has 1 aliphatic heterocycles. The van der Waals surface area contributed by atoms with Gasteiger partial charge in [0.15, 0.2) is 0 Å². The van der Waals surface area contributed by atoms with Gasteiger partial charge in [0.05, 0.1) is 10.9 Å². The minimum absolute atomic E-state index is 0.0634. The molecule has 0 radical (unpaired) electrons. The van der Waals surface area contributed by atoms with E-state index >= 15 is 0 Å². The lowest BCUT2D eigenvalue weighted by atomic mass is 10.2. The first-order valence-electron chi connectivity index (χ1n) is 8.23. The molecule has 1 heterocycles. The van der Waals surface area contributed by atoms with Gasteiger partial charge >= 0.3 is 6.36 Å². The second kappa shape index (κ2) is 8.03. The molecule has 11 heteroatoms. The van der Waals surface area contributed by atoms with Crippen molar-refractivity contribution in [2.45, 2.75) is 24.2 Å². The molecule has 0 bridgehead atoms. The van der Waals surface area contributed by atoms with Crippen molar-refractivity contribution >= 4 is 15.9 Å². The van der Waals surface area contributed by atoms with Gasteiger partial charge in [0.2, 0.25) is 15.9 Å². The molecule has 0 unspecified atom stereocenters. The van der Waals surface area contributed by atoms with Gasteiger partial charge in [-0.25, -0.2) is 8.42 Å². The van der Waals surface area contributed by atoms with Crippen LogP contribution in [0.2, 0.25) is 0 Å². The number of alkyl halides is 3. The lowest BCUT2D eigenvalue weighted by Crippen LogP contribution is -2.54. The van der Waals surface area contributed by atoms with Crippen LogP contribution < -0.4 is 4.74 Å². The van der Waals surface area contributed by atoms with Gasteiger partial charge in [-0.15, -0.1) is 13.2 Å². The van der Waals surface area contributed by atoms with Crippen LogP contribution in [-0.2, 0) is 14.8 Å². The summed E-state index contributed by atoms with van der Waals surface area (Å²) in [6.07, 6.45) is -4.84. The number of benzene rings is 1. The van der Waals surface area contributed by atoms with E-state index < -0.39 is 22.1 Å². The number of ether oxygens (including phenoxy) is 1. The van der Waals surface area contributed by atoms with E-state index in [1.807, 2.05) is 4.90 Å². The molecule has 0 aromatic heterocycles. The smallest absolute Gasteiger partial charge is 0.406 e. The van der Waals surface area contributed by atoms with E-state index in [-0.39, 0.29) is 29.9 Å². The zero-order valence-corrected chi connectivity index (χ0v) is 16.0. The Labute approximate surface area is 156 Å². The number of hydrogen-bond donors (Lipinski definition) is 0. The molecule has 1 aromatic rings. The number of nitrogens with zero attached hydrogens (tertiary/aromatic N) is 3. The largest absolute Gasteiger partial charge is 0.573 e. The SMILES string of the molecule is C[C@H](C(=O)N(C)C)N1CCN(S(=O)(=O)c2ccc(OC(F)(F)F)cc2)CC1. The maximum absolute atomic E-state index is 12.7. The molecule has 1 fully saturated rings. The molecular formula is C16H22F3N3O4S. The van der Waals surface area contributed by atoms with Gasteiger partial charge in [-0.05, 0) is 31.2 Å². The maximum Gasteiger partial charge on any atom is 0.573 e. The Morgan fingerprint density at radius 3 is 2.07 bits per heavy atom. The summed E-state index contributed by atoms with van der Waals surface area (Å²) >= 11 is 0. The molecule has 1 saturated heterocycles. The Balaban J connectivity index is 2.03. The first-order valence-corrected chi connectivity index (χ1v) is 9.67. The molecule has 0 aliphatic carbocycles. The van der Waals surface area contributed by atoms with E-state index in [2.05, 4.69) is 4.74 Å². The lowest BCUT2D eigenvalue weighted by Gasteiger charge is -2.37. The second-order valence-corrected chi connectivity index (χ2v) is 8.31. The summed E-state index contributed by atoms with van der Waals surface area (Å²) in [6, 6.07) is 3.74. The highest BCUT2D eigenvalue weighted by molar-refractivity contribution is 7.89. The van der Waals surface area contributed by atoms with Crippen LogP contribution in [0.1, 0.15) is 6.92 Å². The molecule has 7 nitrogen and oxygen atoms in total. The molecule has 1 aromatic carbocycles. The predicted octanol–water partition coefficient (Wildman–Crippen LogP) is 1.37. The van der Waals surface area contributed by atoms with E-state index in [1.165, 1.54) is 9.21 Å². The molecule has 1 atom stereocenters. The van der Waals surface area contributed by atoms with Crippen molar-refractivity contribution in [1.82, 2.24) is 14.1 Å². The third-order valence-corrected chi connectivity index (χ3v) is 6.23. The number of carbonyl (C=O) groups is 1. The number of amides is 1. The van der Waals surface area contributed by atoms with Crippen LogP contribution in [-0.4, -0.2) is 81.1 Å². The topological polar surface area (TPSA) is 70.2 Å². The van der Waals surface area contributed by atoms with Gasteiger partial charge < -0.3 is 9.64 Å². The Kier molecular flexibility index (Phi) is 6.38. The van der Waals surface area contributed by atoms with Crippen molar-refractivity contribution in [1.29, 1.82) is 0 Å². The van der Waals surface area contributed by atoms with Crippen LogP contribution in [0.15, 0.2) is 29.2 Å². The minimum atomic E-state index is -4.84. The number of rotatable bonds is 5. The highest BCUT2D eigenvalue weighted by Crippen LogP contribution is 2.25. The summed E-state index contributed by atoms with van der Waals surface area (Å²) in [5, 5.41) is 0. The van der Waals surface area contributed by atoms with Crippen molar-refractivity contribution in [2.24, 2.45) is 0 Å². The Morgan fingerprint density at radius 2 is 1.63 bits per heavy atom. The van der Waals surface area contributed by atoms with E-state index in [9.17, 15) is 26.4 Å². The van der Waals surface area contributed by atoms with Crippen LogP contribution in [0.25, 0.3) is 0 Å². The molecule has 2 rings (SSSR count). The van der Waals surface area contributed by atoms with Crippen molar-refractivity contribution < 1.29 is 31.1 Å². The summed E-state index contributed by atoms with van der Waals surface area (Å²) in [5.41, 5.74) is 0. The summed E-state index contributed by atoms with van der Waals surface area (Å²) in [7, 11) is -0.517. The van der Waals surface area contributed by atoms with Gasteiger partial charge in [-0.2, -0.15) is 4.31 Å². The highest BCUT2D eigenvalue weighted by atomic mass is 32.2. The minimum Gasteiger partial charge on any atom is -0.406 e. The van der Waals surface area contributed by atoms with Gasteiger partial charge in [-0.1, -0.05) is 0 Å². The molecule has 27 heavy (non-hydrogen) atoms. The fraction of sp³-hybridized carbons (Fsp3) is 0.562. The van der Waals surface area contributed by atoms with Crippen LogP contribution >= 0.6 is 0 Å². The number of hydrogen-bond acceptors (Lipinski definition) is 5. The molecule has 0 spiro atoms. The Bertz CT molecular complexity index is 758. The van der Waals surface area contributed by atoms with Gasteiger partial charge in [0.1, 0.15) is 5.75 Å². The normalized spacial score (nSPS) is 18.1. The van der Waals surface area contributed by atoms with E-state index in [0.29, 0.717) is 13.1 Å². The lowest BCUT2D eigenvalue weighted by molar-refractivity contribution is -0.274. The van der Waals surface area contributed by atoms with Gasteiger partial charge in [0.25, 0.3) is 0 Å². The third kappa shape index (κ3) is 5.33. The average Bonchev–Trinajstić information content (AvgIpc) is 2.59. The fourth-order valence-electron chi connectivity index (χ4n) is 2.82. The van der Waals surface area contributed by atoms with Crippen LogP contribution in [0, 0.1) is 0 Å². The second-order valence-electron chi connectivity index (χ2n) is 6.37. The molecule has 152 valence electrons. The quantitative estimate of drug-likeness (QED) is 0.735. The van der Waals surface area contributed by atoms with Crippen molar-refractivity contribution in [2.75, 3.05) is 40.3 Å². The van der Waals surface area contributed by atoms with E-state index in [4.69, 9.17) is 0 Å². The van der Waals surface area contributed by atoms with Crippen molar-refractivity contribution in [3.8, 4) is 5.75 Å². The first-order chi connectivity index (χ1) is 12.4. The molecule has 1 aliphatic rings. The summed E-state index contributed by atoms with van der Waals surface area (Å²) in [6.45, 7) is 2.92. The molecular weight excluding hydrogens is 387 g/mol. The average molecular weight is 409 g/mol. The molecule has 0 saturated carbocycles. The number of sulfonamides is 1. The van der Waals surface area contributed by atoms with E-state index in [1.54, 1.807) is 21.0 Å². The monoisotopic (exact) mass is 409 g/mol. The number of likely N-dealkylation sites (N-methyl/N-ethyl adjacent to an activating group) is 1. The molecule has 1 amide bonds. The molecule has 0 N–H and O–H groups in total. The number of carbonyl (C=O) groups excluding carboxylic acids is 1. The summed E-state index contributed by atoms with van der Waals surface area (Å²) in [5.74, 6) is -0.547. The van der Waals surface area contributed by atoms with Crippen LogP contribution in [0.5, 0.6) is 5.75 Å². The van der Waals surface area contributed by atoms with Gasteiger partial charge in [0, 0.05) is 40.3 Å². The summed E-state index contributed by atoms with van der Waals surface area (Å²) in [4.78, 5) is 15.3. The van der Waals surface area contributed by atoms with Crippen molar-refractivity contribution in [3.63, 3.8) is 0 Å². The van der Waals surface area contributed by atoms with Crippen molar-refractivity contribution in [3.05, 3.63) is 24.3 Å². The number of piperazine rings is 1. The number of halogens is 3. The first kappa shape index (κ1) is 21.5.